The van der Waals surface area contributed by atoms with Crippen molar-refractivity contribution in [1.82, 2.24) is 0 Å². The lowest BCUT2D eigenvalue weighted by atomic mass is 10.3. The van der Waals surface area contributed by atoms with Crippen molar-refractivity contribution < 1.29 is 13.9 Å². The molecule has 0 saturated heterocycles. The minimum absolute atomic E-state index is 0.161. The van der Waals surface area contributed by atoms with E-state index in [4.69, 9.17) is 20.8 Å². The van der Waals surface area contributed by atoms with Gasteiger partial charge in [-0.3, -0.25) is 4.79 Å². The van der Waals surface area contributed by atoms with Crippen molar-refractivity contribution in [2.24, 2.45) is 0 Å². The Morgan fingerprint density at radius 1 is 1.82 bits per heavy atom. The fourth-order valence-corrected chi connectivity index (χ4v) is 0.943. The van der Waals surface area contributed by atoms with Crippen molar-refractivity contribution in [2.45, 2.75) is 6.61 Å². The normalized spacial score (nSPS) is 10.0. The van der Waals surface area contributed by atoms with Crippen LogP contribution in [0, 0.1) is 0 Å². The van der Waals surface area contributed by atoms with Gasteiger partial charge in [0.05, 0.1) is 12.9 Å². The van der Waals surface area contributed by atoms with Gasteiger partial charge in [0.1, 0.15) is 0 Å². The monoisotopic (exact) mass is 174 g/mol. The molecule has 60 valence electrons. The number of methoxy groups -OCH3 is 1. The molecule has 0 fully saturated rings. The molecule has 0 radical (unpaired) electrons. The second-order valence-corrected chi connectivity index (χ2v) is 2.32. The van der Waals surface area contributed by atoms with Gasteiger partial charge in [-0.2, -0.15) is 0 Å². The summed E-state index contributed by atoms with van der Waals surface area (Å²) >= 11 is 5.20. The van der Waals surface area contributed by atoms with E-state index < -0.39 is 5.24 Å². The molecule has 1 heterocycles. The van der Waals surface area contributed by atoms with E-state index in [1.54, 1.807) is 6.07 Å². The van der Waals surface area contributed by atoms with Gasteiger partial charge in [-0.25, -0.2) is 0 Å². The zero-order valence-corrected chi connectivity index (χ0v) is 6.72. The summed E-state index contributed by atoms with van der Waals surface area (Å²) in [5.74, 6) is 0.161. The van der Waals surface area contributed by atoms with E-state index >= 15 is 0 Å². The minimum Gasteiger partial charge on any atom is -0.459 e. The predicted octanol–water partition coefficient (Wildman–Crippen LogP) is 1.81. The molecule has 0 aliphatic rings. The van der Waals surface area contributed by atoms with E-state index in [0.29, 0.717) is 12.2 Å². The zero-order valence-electron chi connectivity index (χ0n) is 5.96. The highest BCUT2D eigenvalue weighted by Crippen LogP contribution is 2.13. The van der Waals surface area contributed by atoms with Crippen LogP contribution in [0.4, 0.5) is 0 Å². The van der Waals surface area contributed by atoms with Gasteiger partial charge in [0.25, 0.3) is 5.24 Å². The summed E-state index contributed by atoms with van der Waals surface area (Å²) < 4.78 is 9.62. The van der Waals surface area contributed by atoms with Crippen LogP contribution in [0.5, 0.6) is 0 Å². The second-order valence-electron chi connectivity index (χ2n) is 1.98. The molecule has 0 saturated carbocycles. The van der Waals surface area contributed by atoms with Crippen LogP contribution >= 0.6 is 11.6 Å². The Labute approximate surface area is 68.9 Å². The highest BCUT2D eigenvalue weighted by molar-refractivity contribution is 6.67. The molecule has 0 aliphatic carbocycles. The molecule has 3 nitrogen and oxygen atoms in total. The van der Waals surface area contributed by atoms with Crippen LogP contribution in [0.3, 0.4) is 0 Å². The largest absolute Gasteiger partial charge is 0.459 e. The average Bonchev–Trinajstić information content (AvgIpc) is 2.36. The minimum atomic E-state index is -0.595. The number of hydrogen-bond donors (Lipinski definition) is 0. The van der Waals surface area contributed by atoms with Gasteiger partial charge in [-0.1, -0.05) is 0 Å². The smallest absolute Gasteiger partial charge is 0.288 e. The number of hydrogen-bond acceptors (Lipinski definition) is 3. The quantitative estimate of drug-likeness (QED) is 0.656. The van der Waals surface area contributed by atoms with E-state index in [0.717, 1.165) is 0 Å². The van der Waals surface area contributed by atoms with Crippen LogP contribution in [-0.4, -0.2) is 12.4 Å². The van der Waals surface area contributed by atoms with Gasteiger partial charge in [0, 0.05) is 12.7 Å². The molecule has 11 heavy (non-hydrogen) atoms. The molecule has 1 aromatic rings. The Morgan fingerprint density at radius 3 is 3.09 bits per heavy atom. The molecule has 1 rings (SSSR count). The van der Waals surface area contributed by atoms with Crippen LogP contribution in [0.2, 0.25) is 0 Å². The molecule has 0 atom stereocenters. The lowest BCUT2D eigenvalue weighted by Crippen LogP contribution is -1.93. The fraction of sp³-hybridized carbons (Fsp3) is 0.286. The Hall–Kier alpha value is -0.800. The summed E-state index contributed by atoms with van der Waals surface area (Å²) in [6, 6.07) is 1.65. The first-order valence-electron chi connectivity index (χ1n) is 3.01. The highest BCUT2D eigenvalue weighted by atomic mass is 35.5. The van der Waals surface area contributed by atoms with Crippen molar-refractivity contribution in [3.05, 3.63) is 23.7 Å². The van der Waals surface area contributed by atoms with E-state index in [-0.39, 0.29) is 5.76 Å². The van der Waals surface area contributed by atoms with Crippen molar-refractivity contribution in [3.63, 3.8) is 0 Å². The molecule has 0 N–H and O–H groups in total. The third-order valence-corrected chi connectivity index (χ3v) is 1.40. The summed E-state index contributed by atoms with van der Waals surface area (Å²) in [5, 5.41) is -0.595. The number of rotatable bonds is 3. The number of ether oxygens (including phenoxy) is 1. The van der Waals surface area contributed by atoms with E-state index in [1.165, 1.54) is 13.4 Å². The van der Waals surface area contributed by atoms with E-state index in [9.17, 15) is 4.79 Å². The first-order valence-corrected chi connectivity index (χ1v) is 3.38. The summed E-state index contributed by atoms with van der Waals surface area (Å²) in [5.41, 5.74) is 0.674. The topological polar surface area (TPSA) is 39.4 Å². The molecule has 0 unspecified atom stereocenters. The third-order valence-electron chi connectivity index (χ3n) is 1.23. The number of carbonyl (C=O) groups excluding carboxylic acids is 1. The van der Waals surface area contributed by atoms with E-state index in [1.807, 2.05) is 0 Å². The van der Waals surface area contributed by atoms with E-state index in [2.05, 4.69) is 0 Å². The van der Waals surface area contributed by atoms with Crippen LogP contribution in [0.1, 0.15) is 16.1 Å². The second kappa shape index (κ2) is 3.55. The van der Waals surface area contributed by atoms with Crippen molar-refractivity contribution in [2.75, 3.05) is 7.11 Å². The first kappa shape index (κ1) is 8.30. The Morgan fingerprint density at radius 2 is 2.55 bits per heavy atom. The summed E-state index contributed by atoms with van der Waals surface area (Å²) in [4.78, 5) is 10.6. The SMILES string of the molecule is COCc1ccoc1C(=O)Cl. The first-order chi connectivity index (χ1) is 5.25. The average molecular weight is 175 g/mol. The van der Waals surface area contributed by atoms with Crippen LogP contribution in [-0.2, 0) is 11.3 Å². The maximum atomic E-state index is 10.6. The number of halogens is 1. The molecule has 1 aromatic heterocycles. The highest BCUT2D eigenvalue weighted by Gasteiger charge is 2.11. The standard InChI is InChI=1S/C7H7ClO3/c1-10-4-5-2-3-11-6(5)7(8)9/h2-3H,4H2,1H3. The summed E-state index contributed by atoms with van der Waals surface area (Å²) in [7, 11) is 1.54. The van der Waals surface area contributed by atoms with Crippen molar-refractivity contribution in [3.8, 4) is 0 Å². The van der Waals surface area contributed by atoms with Crippen LogP contribution in [0.15, 0.2) is 16.7 Å². The molecule has 0 amide bonds. The molecule has 4 heteroatoms. The van der Waals surface area contributed by atoms with Gasteiger partial charge in [0.15, 0.2) is 5.76 Å². The molecule has 0 aliphatic heterocycles. The maximum absolute atomic E-state index is 10.6. The summed E-state index contributed by atoms with van der Waals surface area (Å²) in [6.45, 7) is 0.338. The lowest BCUT2D eigenvalue weighted by molar-refractivity contribution is 0.105. The lowest BCUT2D eigenvalue weighted by Gasteiger charge is -1.94. The molecule has 0 spiro atoms. The van der Waals surface area contributed by atoms with Crippen LogP contribution < -0.4 is 0 Å². The number of carbonyl (C=O) groups is 1. The Balaban J connectivity index is 2.87. The summed E-state index contributed by atoms with van der Waals surface area (Å²) in [6.07, 6.45) is 1.41. The van der Waals surface area contributed by atoms with Crippen LogP contribution in [0.25, 0.3) is 0 Å². The van der Waals surface area contributed by atoms with Gasteiger partial charge in [-0.05, 0) is 17.7 Å². The maximum Gasteiger partial charge on any atom is 0.288 e. The Kier molecular flexibility index (Phi) is 2.68. The number of furan rings is 1. The predicted molar refractivity (Wildman–Crippen MR) is 39.6 cm³/mol. The molecular formula is C7H7ClO3. The molecular weight excluding hydrogens is 168 g/mol. The molecule has 0 aromatic carbocycles. The van der Waals surface area contributed by atoms with Gasteiger partial charge in [-0.15, -0.1) is 0 Å². The van der Waals surface area contributed by atoms with Crippen molar-refractivity contribution >= 4 is 16.8 Å². The van der Waals surface area contributed by atoms with Gasteiger partial charge in [0.2, 0.25) is 0 Å². The molecule has 0 bridgehead atoms. The van der Waals surface area contributed by atoms with Gasteiger partial charge < -0.3 is 9.15 Å². The van der Waals surface area contributed by atoms with Crippen molar-refractivity contribution in [1.29, 1.82) is 0 Å². The zero-order chi connectivity index (χ0) is 8.27. The van der Waals surface area contributed by atoms with Gasteiger partial charge >= 0.3 is 0 Å². The fourth-order valence-electron chi connectivity index (χ4n) is 0.777. The Bertz CT molecular complexity index is 254. The third kappa shape index (κ3) is 1.82.